The summed E-state index contributed by atoms with van der Waals surface area (Å²) < 4.78 is 11.9. The Morgan fingerprint density at radius 1 is 1.45 bits per heavy atom. The molecule has 0 aliphatic rings. The third kappa shape index (κ3) is 4.34. The number of nitrogens with one attached hydrogen (secondary N) is 1. The highest BCUT2D eigenvalue weighted by Gasteiger charge is 2.12. The van der Waals surface area contributed by atoms with Gasteiger partial charge in [-0.15, -0.1) is 0 Å². The molecule has 116 valence electrons. The maximum atomic E-state index is 12.0. The Balaban J connectivity index is 1.95. The smallest absolute Gasteiger partial charge is 0.332 e. The summed E-state index contributed by atoms with van der Waals surface area (Å²) in [5, 5.41) is 6.62. The van der Waals surface area contributed by atoms with Gasteiger partial charge in [-0.2, -0.15) is 5.10 Å². The fraction of sp³-hybridized carbons (Fsp3) is 0.267. The molecule has 0 saturated carbocycles. The molecule has 7 nitrogen and oxygen atoms in total. The monoisotopic (exact) mass is 303 g/mol. The number of nitrogens with zero attached hydrogens (tertiary/aromatic N) is 2. The van der Waals surface area contributed by atoms with Crippen LogP contribution in [0, 0.1) is 0 Å². The van der Waals surface area contributed by atoms with Gasteiger partial charge < -0.3 is 14.5 Å². The van der Waals surface area contributed by atoms with Crippen molar-refractivity contribution in [3.8, 4) is 0 Å². The lowest BCUT2D eigenvalue weighted by atomic mass is 10.3. The lowest BCUT2D eigenvalue weighted by Gasteiger charge is -2.03. The molecular weight excluding hydrogens is 286 g/mol. The first kappa shape index (κ1) is 15.6. The Kier molecular flexibility index (Phi) is 5.13. The molecule has 0 atom stereocenters. The number of rotatable bonds is 6. The first-order valence-corrected chi connectivity index (χ1v) is 6.81. The van der Waals surface area contributed by atoms with Crippen molar-refractivity contribution in [3.05, 3.63) is 53.9 Å². The number of aromatic nitrogens is 2. The molecule has 1 N–H and O–H groups in total. The molecule has 0 unspecified atom stereocenters. The van der Waals surface area contributed by atoms with Crippen LogP contribution >= 0.6 is 0 Å². The Morgan fingerprint density at radius 3 is 2.95 bits per heavy atom. The highest BCUT2D eigenvalue weighted by Crippen LogP contribution is 2.10. The van der Waals surface area contributed by atoms with Crippen LogP contribution in [0.5, 0.6) is 0 Å². The van der Waals surface area contributed by atoms with Crippen molar-refractivity contribution >= 4 is 11.9 Å². The molecule has 0 fully saturated rings. The van der Waals surface area contributed by atoms with Gasteiger partial charge >= 0.3 is 5.97 Å². The lowest BCUT2D eigenvalue weighted by molar-refractivity contribution is -0.137. The Morgan fingerprint density at radius 2 is 2.27 bits per heavy atom. The highest BCUT2D eigenvalue weighted by atomic mass is 16.5. The minimum absolute atomic E-state index is 0.166. The van der Waals surface area contributed by atoms with Gasteiger partial charge in [0, 0.05) is 24.2 Å². The van der Waals surface area contributed by atoms with E-state index in [4.69, 9.17) is 9.15 Å². The highest BCUT2D eigenvalue weighted by molar-refractivity contribution is 5.93. The van der Waals surface area contributed by atoms with Crippen molar-refractivity contribution in [2.24, 2.45) is 0 Å². The molecule has 0 aromatic carbocycles. The second kappa shape index (κ2) is 7.26. The SMILES string of the molecule is CCOC(=O)/C=C(\C)NC(=O)c1ccc(Cn2cccn2)o1. The topological polar surface area (TPSA) is 86.4 Å². The second-order valence-corrected chi connectivity index (χ2v) is 4.50. The summed E-state index contributed by atoms with van der Waals surface area (Å²) in [5.74, 6) is -0.150. The van der Waals surface area contributed by atoms with Crippen molar-refractivity contribution in [1.29, 1.82) is 0 Å². The zero-order chi connectivity index (χ0) is 15.9. The normalized spacial score (nSPS) is 11.3. The van der Waals surface area contributed by atoms with Crippen molar-refractivity contribution in [2.45, 2.75) is 20.4 Å². The van der Waals surface area contributed by atoms with E-state index < -0.39 is 11.9 Å². The van der Waals surface area contributed by atoms with Crippen LogP contribution in [-0.4, -0.2) is 28.3 Å². The molecule has 0 aliphatic carbocycles. The summed E-state index contributed by atoms with van der Waals surface area (Å²) in [6, 6.07) is 5.09. The average Bonchev–Trinajstić information content (AvgIpc) is 3.10. The van der Waals surface area contributed by atoms with E-state index in [1.807, 2.05) is 0 Å². The summed E-state index contributed by atoms with van der Waals surface area (Å²) in [7, 11) is 0. The molecule has 0 aliphatic heterocycles. The first-order valence-electron chi connectivity index (χ1n) is 6.81. The van der Waals surface area contributed by atoms with Gasteiger partial charge in [0.2, 0.25) is 0 Å². The van der Waals surface area contributed by atoms with Gasteiger partial charge in [-0.05, 0) is 32.0 Å². The summed E-state index contributed by atoms with van der Waals surface area (Å²) in [4.78, 5) is 23.3. The van der Waals surface area contributed by atoms with E-state index in [0.29, 0.717) is 18.0 Å². The van der Waals surface area contributed by atoms with Crippen molar-refractivity contribution in [3.63, 3.8) is 0 Å². The molecular formula is C15H17N3O4. The summed E-state index contributed by atoms with van der Waals surface area (Å²) in [6.45, 7) is 4.04. The summed E-state index contributed by atoms with van der Waals surface area (Å²) in [5.41, 5.74) is 0.383. The number of carbonyl (C=O) groups is 2. The molecule has 0 spiro atoms. The number of hydrogen-bond donors (Lipinski definition) is 1. The van der Waals surface area contributed by atoms with Gasteiger partial charge in [-0.3, -0.25) is 9.48 Å². The molecule has 2 aromatic rings. The van der Waals surface area contributed by atoms with E-state index in [2.05, 4.69) is 10.4 Å². The van der Waals surface area contributed by atoms with Crippen molar-refractivity contribution in [2.75, 3.05) is 6.61 Å². The van der Waals surface area contributed by atoms with E-state index in [9.17, 15) is 9.59 Å². The zero-order valence-electron chi connectivity index (χ0n) is 12.4. The van der Waals surface area contributed by atoms with Crippen LogP contribution in [0.15, 0.2) is 46.8 Å². The Bertz CT molecular complexity index is 671. The molecule has 1 amide bonds. The van der Waals surface area contributed by atoms with Gasteiger partial charge in [0.05, 0.1) is 13.2 Å². The number of ether oxygens (including phenoxy) is 1. The molecule has 2 aromatic heterocycles. The van der Waals surface area contributed by atoms with Crippen LogP contribution in [-0.2, 0) is 16.1 Å². The summed E-state index contributed by atoms with van der Waals surface area (Å²) in [6.07, 6.45) is 4.68. The van der Waals surface area contributed by atoms with Crippen LogP contribution in [0.1, 0.15) is 30.2 Å². The molecule has 0 radical (unpaired) electrons. The predicted molar refractivity (Wildman–Crippen MR) is 77.9 cm³/mol. The van der Waals surface area contributed by atoms with Crippen LogP contribution < -0.4 is 5.32 Å². The molecule has 2 heterocycles. The standard InChI is InChI=1S/C15H17N3O4/c1-3-21-14(19)9-11(2)17-15(20)13-6-5-12(22-13)10-18-8-4-7-16-18/h4-9H,3,10H2,1-2H3,(H,17,20)/b11-9+. The first-order chi connectivity index (χ1) is 10.6. The van der Waals surface area contributed by atoms with E-state index >= 15 is 0 Å². The lowest BCUT2D eigenvalue weighted by Crippen LogP contribution is -2.21. The quantitative estimate of drug-likeness (QED) is 0.648. The van der Waals surface area contributed by atoms with Crippen LogP contribution in [0.2, 0.25) is 0 Å². The van der Waals surface area contributed by atoms with Gasteiger partial charge in [0.1, 0.15) is 5.76 Å². The van der Waals surface area contributed by atoms with Crippen molar-refractivity contribution in [1.82, 2.24) is 15.1 Å². The zero-order valence-corrected chi connectivity index (χ0v) is 12.4. The van der Waals surface area contributed by atoms with E-state index in [1.165, 1.54) is 6.08 Å². The molecule has 0 bridgehead atoms. The number of allylic oxidation sites excluding steroid dienone is 1. The molecule has 22 heavy (non-hydrogen) atoms. The maximum absolute atomic E-state index is 12.0. The van der Waals surface area contributed by atoms with Gasteiger partial charge in [-0.1, -0.05) is 0 Å². The van der Waals surface area contributed by atoms with Crippen LogP contribution in [0.25, 0.3) is 0 Å². The maximum Gasteiger partial charge on any atom is 0.332 e. The third-order valence-electron chi connectivity index (χ3n) is 2.69. The number of esters is 1. The minimum Gasteiger partial charge on any atom is -0.463 e. The van der Waals surface area contributed by atoms with Crippen LogP contribution in [0.3, 0.4) is 0 Å². The van der Waals surface area contributed by atoms with Crippen molar-refractivity contribution < 1.29 is 18.7 Å². The molecule has 7 heteroatoms. The fourth-order valence-corrected chi connectivity index (χ4v) is 1.78. The molecule has 2 rings (SSSR count). The number of hydrogen-bond acceptors (Lipinski definition) is 5. The Hall–Kier alpha value is -2.83. The number of carbonyl (C=O) groups excluding carboxylic acids is 2. The second-order valence-electron chi connectivity index (χ2n) is 4.50. The molecule has 0 saturated heterocycles. The number of furan rings is 1. The van der Waals surface area contributed by atoms with Gasteiger partial charge in [0.15, 0.2) is 5.76 Å². The summed E-state index contributed by atoms with van der Waals surface area (Å²) >= 11 is 0. The third-order valence-corrected chi connectivity index (χ3v) is 2.69. The van der Waals surface area contributed by atoms with Gasteiger partial charge in [0.25, 0.3) is 5.91 Å². The number of amides is 1. The largest absolute Gasteiger partial charge is 0.463 e. The predicted octanol–water partition coefficient (Wildman–Crippen LogP) is 1.72. The van der Waals surface area contributed by atoms with Crippen LogP contribution in [0.4, 0.5) is 0 Å². The fourth-order valence-electron chi connectivity index (χ4n) is 1.78. The van der Waals surface area contributed by atoms with Gasteiger partial charge in [-0.25, -0.2) is 4.79 Å². The van der Waals surface area contributed by atoms with E-state index in [0.717, 1.165) is 0 Å². The van der Waals surface area contributed by atoms with E-state index in [1.54, 1.807) is 49.1 Å². The van der Waals surface area contributed by atoms with E-state index in [-0.39, 0.29) is 12.4 Å². The average molecular weight is 303 g/mol. The minimum atomic E-state index is -0.501. The Labute approximate surface area is 127 Å².